The molecule has 3 rings (SSSR count). The minimum atomic E-state index is -1.38. The van der Waals surface area contributed by atoms with E-state index in [2.05, 4.69) is 5.32 Å². The van der Waals surface area contributed by atoms with Gasteiger partial charge in [-0.25, -0.2) is 5.32 Å². The fourth-order valence-electron chi connectivity index (χ4n) is 2.95. The second kappa shape index (κ2) is 7.73. The third-order valence-corrected chi connectivity index (χ3v) is 4.29. The van der Waals surface area contributed by atoms with Crippen molar-refractivity contribution in [1.29, 1.82) is 0 Å². The van der Waals surface area contributed by atoms with Gasteiger partial charge < -0.3 is 0 Å². The molecule has 0 amide bonds. The van der Waals surface area contributed by atoms with Crippen molar-refractivity contribution in [3.63, 3.8) is 0 Å². The highest BCUT2D eigenvalue weighted by Crippen LogP contribution is 2.27. The normalized spacial score (nSPS) is 13.1. The van der Waals surface area contributed by atoms with Crippen LogP contribution in [-0.4, -0.2) is 4.92 Å². The smallest absolute Gasteiger partial charge is 0.262 e. The first kappa shape index (κ1) is 16.9. The molecule has 3 aromatic carbocycles. The molecule has 0 aliphatic carbocycles. The van der Waals surface area contributed by atoms with E-state index in [0.717, 1.165) is 11.1 Å². The van der Waals surface area contributed by atoms with Crippen LogP contribution in [-0.2, 0) is 18.6 Å². The lowest BCUT2D eigenvalue weighted by Gasteiger charge is -2.27. The lowest BCUT2D eigenvalue weighted by Crippen LogP contribution is -2.50. The van der Waals surface area contributed by atoms with Crippen molar-refractivity contribution in [3.8, 4) is 0 Å². The van der Waals surface area contributed by atoms with Gasteiger partial charge in [0, 0.05) is 17.0 Å². The van der Waals surface area contributed by atoms with E-state index >= 15 is 0 Å². The maximum Gasteiger partial charge on any atom is 0.305 e. The second-order valence-corrected chi connectivity index (χ2v) is 5.98. The summed E-state index contributed by atoms with van der Waals surface area (Å²) in [6, 6.07) is 28.5. The number of hydrogen-bond donors (Lipinski definition) is 1. The minimum Gasteiger partial charge on any atom is -0.262 e. The van der Waals surface area contributed by atoms with E-state index in [4.69, 9.17) is 0 Å². The lowest BCUT2D eigenvalue weighted by molar-refractivity contribution is -0.588. The van der Waals surface area contributed by atoms with Gasteiger partial charge in [-0.15, -0.1) is 0 Å². The molecule has 0 fully saturated rings. The Balaban J connectivity index is 1.97. The molecular weight excluding hydrogens is 312 g/mol. The number of rotatable bonds is 7. The van der Waals surface area contributed by atoms with Crippen molar-refractivity contribution in [2.24, 2.45) is 0 Å². The molecular formula is C21H20N2O2. The van der Waals surface area contributed by atoms with E-state index in [1.54, 1.807) is 0 Å². The molecule has 0 saturated carbocycles. The van der Waals surface area contributed by atoms with Crippen molar-refractivity contribution in [3.05, 3.63) is 118 Å². The molecule has 25 heavy (non-hydrogen) atoms. The van der Waals surface area contributed by atoms with Gasteiger partial charge in [-0.2, -0.15) is 0 Å². The molecule has 1 atom stereocenters. The summed E-state index contributed by atoms with van der Waals surface area (Å²) >= 11 is 0. The van der Waals surface area contributed by atoms with Gasteiger partial charge in [-0.3, -0.25) is 10.1 Å². The van der Waals surface area contributed by atoms with E-state index in [1.807, 2.05) is 91.0 Å². The number of nitro groups is 1. The molecule has 4 nitrogen and oxygen atoms in total. The maximum absolute atomic E-state index is 12.2. The fourth-order valence-corrected chi connectivity index (χ4v) is 2.95. The van der Waals surface area contributed by atoms with E-state index in [1.165, 1.54) is 0 Å². The van der Waals surface area contributed by atoms with Crippen molar-refractivity contribution in [2.45, 2.75) is 18.6 Å². The Hall–Kier alpha value is -2.98. The van der Waals surface area contributed by atoms with Crippen LogP contribution in [0, 0.1) is 10.1 Å². The van der Waals surface area contributed by atoms with E-state index in [0.29, 0.717) is 12.1 Å². The van der Waals surface area contributed by atoms with Crippen molar-refractivity contribution < 1.29 is 4.92 Å². The predicted molar refractivity (Wildman–Crippen MR) is 98.5 cm³/mol. The van der Waals surface area contributed by atoms with Crippen LogP contribution in [0.4, 0.5) is 0 Å². The molecule has 0 radical (unpaired) electrons. The quantitative estimate of drug-likeness (QED) is 0.402. The summed E-state index contributed by atoms with van der Waals surface area (Å²) in [5, 5.41) is 15.4. The van der Waals surface area contributed by atoms with Crippen LogP contribution in [0.1, 0.15) is 16.7 Å². The van der Waals surface area contributed by atoms with Gasteiger partial charge in [0.2, 0.25) is 0 Å². The second-order valence-electron chi connectivity index (χ2n) is 5.98. The van der Waals surface area contributed by atoms with Crippen LogP contribution in [0.5, 0.6) is 0 Å². The van der Waals surface area contributed by atoms with E-state index in [9.17, 15) is 10.1 Å². The molecule has 0 bridgehead atoms. The summed E-state index contributed by atoms with van der Waals surface area (Å²) in [4.78, 5) is 12.0. The van der Waals surface area contributed by atoms with Gasteiger partial charge >= 0.3 is 5.66 Å². The summed E-state index contributed by atoms with van der Waals surface area (Å²) in [5.74, 6) is 0. The average Bonchev–Trinajstić information content (AvgIpc) is 2.67. The van der Waals surface area contributed by atoms with Gasteiger partial charge in [0.05, 0.1) is 6.42 Å². The molecule has 0 heterocycles. The van der Waals surface area contributed by atoms with Crippen molar-refractivity contribution in [2.75, 3.05) is 0 Å². The first-order valence-corrected chi connectivity index (χ1v) is 8.24. The summed E-state index contributed by atoms with van der Waals surface area (Å²) in [5.41, 5.74) is 1.21. The predicted octanol–water partition coefficient (Wildman–Crippen LogP) is 4.15. The zero-order valence-corrected chi connectivity index (χ0v) is 13.8. The van der Waals surface area contributed by atoms with Crippen LogP contribution in [0.25, 0.3) is 0 Å². The van der Waals surface area contributed by atoms with Gasteiger partial charge in [0.1, 0.15) is 0 Å². The fraction of sp³-hybridized carbons (Fsp3) is 0.143. The van der Waals surface area contributed by atoms with E-state index in [-0.39, 0.29) is 11.3 Å². The zero-order valence-electron chi connectivity index (χ0n) is 13.8. The summed E-state index contributed by atoms with van der Waals surface area (Å²) in [6.07, 6.45) is 0.275. The number of hydrogen-bond acceptors (Lipinski definition) is 3. The third kappa shape index (κ3) is 3.92. The Labute approximate surface area is 147 Å². The van der Waals surface area contributed by atoms with Crippen LogP contribution < -0.4 is 5.32 Å². The molecule has 0 spiro atoms. The average molecular weight is 332 g/mol. The highest BCUT2D eigenvalue weighted by molar-refractivity contribution is 5.27. The number of nitrogens with zero attached hydrogens (tertiary/aromatic N) is 1. The van der Waals surface area contributed by atoms with Crippen LogP contribution in [0.3, 0.4) is 0 Å². The highest BCUT2D eigenvalue weighted by atomic mass is 16.6. The Morgan fingerprint density at radius 3 is 1.76 bits per heavy atom. The first-order chi connectivity index (χ1) is 12.2. The standard InChI is InChI=1S/C21H20N2O2/c24-23(25)21(20-14-8-3-9-15-20,16-18-10-4-1-5-11-18)22-17-19-12-6-2-7-13-19/h1-15,22H,16-17H2. The number of nitrogens with one attached hydrogen (secondary N) is 1. The molecule has 0 aliphatic rings. The Morgan fingerprint density at radius 2 is 1.24 bits per heavy atom. The molecule has 126 valence electrons. The number of benzene rings is 3. The summed E-state index contributed by atoms with van der Waals surface area (Å²) < 4.78 is 0. The monoisotopic (exact) mass is 332 g/mol. The third-order valence-electron chi connectivity index (χ3n) is 4.29. The molecule has 0 aromatic heterocycles. The Kier molecular flexibility index (Phi) is 5.21. The largest absolute Gasteiger partial charge is 0.305 e. The first-order valence-electron chi connectivity index (χ1n) is 8.24. The van der Waals surface area contributed by atoms with Gasteiger partial charge in [0.25, 0.3) is 0 Å². The summed E-state index contributed by atoms with van der Waals surface area (Å²) in [7, 11) is 0. The van der Waals surface area contributed by atoms with Crippen LogP contribution in [0.15, 0.2) is 91.0 Å². The molecule has 0 aliphatic heterocycles. The Morgan fingerprint density at radius 1 is 0.760 bits per heavy atom. The SMILES string of the molecule is O=[N+]([O-])C(Cc1ccccc1)(NCc1ccccc1)c1ccccc1. The maximum atomic E-state index is 12.2. The van der Waals surface area contributed by atoms with E-state index < -0.39 is 5.66 Å². The van der Waals surface area contributed by atoms with Crippen molar-refractivity contribution in [1.82, 2.24) is 5.32 Å². The van der Waals surface area contributed by atoms with Crippen LogP contribution >= 0.6 is 0 Å². The van der Waals surface area contributed by atoms with Crippen molar-refractivity contribution >= 4 is 0 Å². The topological polar surface area (TPSA) is 55.2 Å². The molecule has 1 N–H and O–H groups in total. The molecule has 1 unspecified atom stereocenters. The molecule has 3 aromatic rings. The molecule has 4 heteroatoms. The van der Waals surface area contributed by atoms with Gasteiger partial charge in [0.15, 0.2) is 0 Å². The molecule has 0 saturated heterocycles. The highest BCUT2D eigenvalue weighted by Gasteiger charge is 2.44. The van der Waals surface area contributed by atoms with Gasteiger partial charge in [-0.05, 0) is 11.1 Å². The summed E-state index contributed by atoms with van der Waals surface area (Å²) in [6.45, 7) is 0.420. The minimum absolute atomic E-state index is 0.210. The van der Waals surface area contributed by atoms with Crippen LogP contribution in [0.2, 0.25) is 0 Å². The zero-order chi connectivity index (χ0) is 17.5. The lowest BCUT2D eigenvalue weighted by atomic mass is 9.92. The Bertz CT molecular complexity index is 807. The van der Waals surface area contributed by atoms with Gasteiger partial charge in [-0.1, -0.05) is 91.0 Å².